The van der Waals surface area contributed by atoms with E-state index >= 15 is 0 Å². The normalized spacial score (nSPS) is 26.1. The number of amides is 1. The summed E-state index contributed by atoms with van der Waals surface area (Å²) in [6, 6.07) is 1.90. The van der Waals surface area contributed by atoms with Crippen molar-refractivity contribution in [2.24, 2.45) is 23.5 Å². The summed E-state index contributed by atoms with van der Waals surface area (Å²) in [6.07, 6.45) is 0.768. The molecule has 35 heavy (non-hydrogen) atoms. The van der Waals surface area contributed by atoms with Gasteiger partial charge in [0.25, 0.3) is 5.91 Å². The van der Waals surface area contributed by atoms with Crippen molar-refractivity contribution in [1.29, 1.82) is 0 Å². The molecule has 3 aliphatic carbocycles. The molecule has 0 spiro atoms. The molecule has 0 radical (unpaired) electrons. The van der Waals surface area contributed by atoms with Gasteiger partial charge in [-0.05, 0) is 48.8 Å². The molecule has 1 aromatic rings. The number of nitrogens with two attached hydrogens (primary N) is 1. The lowest BCUT2D eigenvalue weighted by molar-refractivity contribution is -0.147. The van der Waals surface area contributed by atoms with Gasteiger partial charge in [-0.15, -0.1) is 0 Å². The Bertz CT molecular complexity index is 1200. The average Bonchev–Trinajstić information content (AvgIpc) is 2.77. The highest BCUT2D eigenvalue weighted by Crippen LogP contribution is 2.52. The van der Waals surface area contributed by atoms with Crippen LogP contribution < -0.4 is 11.1 Å². The van der Waals surface area contributed by atoms with Crippen LogP contribution in [0.1, 0.15) is 55.9 Å². The van der Waals surface area contributed by atoms with E-state index in [0.717, 1.165) is 17.7 Å². The van der Waals surface area contributed by atoms with Gasteiger partial charge in [-0.3, -0.25) is 14.4 Å². The largest absolute Gasteiger partial charge is 0.508 e. The molecule has 0 aromatic heterocycles. The Morgan fingerprint density at radius 3 is 2.49 bits per heavy atom. The second kappa shape index (κ2) is 8.80. The van der Waals surface area contributed by atoms with Crippen LogP contribution in [-0.4, -0.2) is 50.0 Å². The summed E-state index contributed by atoms with van der Waals surface area (Å²) in [4.78, 5) is 37.8. The Hall–Kier alpha value is -3.17. The summed E-state index contributed by atoms with van der Waals surface area (Å²) in [5.74, 6) is -5.68. The molecule has 3 atom stereocenters. The molecular weight excluding hydrogens is 452 g/mol. The Kier molecular flexibility index (Phi) is 6.27. The number of phenolic OH excluding ortho intramolecular Hbond substituents is 1. The molecule has 9 nitrogen and oxygen atoms in total. The van der Waals surface area contributed by atoms with Crippen molar-refractivity contribution in [1.82, 2.24) is 5.32 Å². The molecule has 0 saturated heterocycles. The number of aryl methyl sites for hydroxylation is 1. The fraction of sp³-hybridized carbons (Fsp3) is 0.500. The number of hydrogen-bond acceptors (Lipinski definition) is 8. The van der Waals surface area contributed by atoms with Crippen LogP contribution in [0.25, 0.3) is 5.76 Å². The third-order valence-corrected chi connectivity index (χ3v) is 7.48. The summed E-state index contributed by atoms with van der Waals surface area (Å²) in [7, 11) is 0. The quantitative estimate of drug-likeness (QED) is 0.332. The third-order valence-electron chi connectivity index (χ3n) is 7.48. The molecule has 1 unspecified atom stereocenters. The van der Waals surface area contributed by atoms with Gasteiger partial charge in [0.05, 0.1) is 5.56 Å². The third kappa shape index (κ3) is 3.73. The van der Waals surface area contributed by atoms with E-state index < -0.39 is 52.0 Å². The van der Waals surface area contributed by atoms with Crippen LogP contribution in [0.4, 0.5) is 0 Å². The number of aliphatic hydroxyl groups is 3. The number of ketones is 2. The van der Waals surface area contributed by atoms with E-state index in [1.165, 1.54) is 0 Å². The lowest BCUT2D eigenvalue weighted by Gasteiger charge is -2.46. The van der Waals surface area contributed by atoms with E-state index in [4.69, 9.17) is 5.73 Å². The Balaban J connectivity index is 1.86. The molecule has 1 saturated carbocycles. The van der Waals surface area contributed by atoms with Crippen LogP contribution in [0, 0.1) is 17.8 Å². The fourth-order valence-electron chi connectivity index (χ4n) is 5.77. The lowest BCUT2D eigenvalue weighted by Crippen LogP contribution is -2.58. The van der Waals surface area contributed by atoms with Crippen LogP contribution in [0.5, 0.6) is 5.75 Å². The highest BCUT2D eigenvalue weighted by molar-refractivity contribution is 6.22. The van der Waals surface area contributed by atoms with Crippen molar-refractivity contribution in [3.63, 3.8) is 0 Å². The number of aromatic hydroxyl groups is 1. The minimum atomic E-state index is -2.55. The van der Waals surface area contributed by atoms with Gasteiger partial charge in [0.15, 0.2) is 11.4 Å². The highest BCUT2D eigenvalue weighted by Gasteiger charge is 2.60. The summed E-state index contributed by atoms with van der Waals surface area (Å²) >= 11 is 0. The molecule has 1 fully saturated rings. The van der Waals surface area contributed by atoms with Crippen LogP contribution in [-0.2, 0) is 33.8 Å². The number of primary amides is 1. The van der Waals surface area contributed by atoms with Crippen molar-refractivity contribution in [2.75, 3.05) is 6.54 Å². The number of hydrogen-bond donors (Lipinski definition) is 6. The first-order chi connectivity index (χ1) is 16.4. The number of carbonyl (C=O) groups excluding carboxylic acids is 3. The number of aliphatic hydroxyl groups excluding tert-OH is 2. The number of fused-ring (bicyclic) bond motifs is 3. The standard InChI is InChI=1S/C26H32N2O7/c1-4-12-5-14(10-28-9-11(2)3)21(30)19-16(12)7-13-6-15-8-17(29)20(25(27)34)24(33)26(15,35)23(32)18(13)22(19)31/h5,11,13,15,28,30-31,33,35H,4,6-10H2,1-3H3,(H2,27,34)/t13?,15-,26-/m0/s1. The molecule has 0 aliphatic heterocycles. The fourth-order valence-corrected chi connectivity index (χ4v) is 5.77. The maximum atomic E-state index is 13.6. The lowest BCUT2D eigenvalue weighted by atomic mass is 9.59. The summed E-state index contributed by atoms with van der Waals surface area (Å²) < 4.78 is 0. The van der Waals surface area contributed by atoms with E-state index in [-0.39, 0.29) is 29.7 Å². The Morgan fingerprint density at radius 2 is 1.89 bits per heavy atom. The van der Waals surface area contributed by atoms with Crippen LogP contribution in [0.2, 0.25) is 0 Å². The zero-order valence-electron chi connectivity index (χ0n) is 20.1. The van der Waals surface area contributed by atoms with Gasteiger partial charge >= 0.3 is 0 Å². The summed E-state index contributed by atoms with van der Waals surface area (Å²) in [5.41, 5.74) is 4.15. The van der Waals surface area contributed by atoms with Crippen molar-refractivity contribution in [3.8, 4) is 5.75 Å². The van der Waals surface area contributed by atoms with Gasteiger partial charge in [-0.2, -0.15) is 0 Å². The zero-order valence-corrected chi connectivity index (χ0v) is 20.1. The molecule has 3 aliphatic rings. The summed E-state index contributed by atoms with van der Waals surface area (Å²) in [5, 5.41) is 47.6. The minimum absolute atomic E-state index is 0.120. The maximum Gasteiger partial charge on any atom is 0.255 e. The number of carbonyl (C=O) groups is 3. The van der Waals surface area contributed by atoms with E-state index in [1.54, 1.807) is 0 Å². The average molecular weight is 485 g/mol. The van der Waals surface area contributed by atoms with E-state index in [0.29, 0.717) is 30.9 Å². The molecule has 1 amide bonds. The predicted molar refractivity (Wildman–Crippen MR) is 127 cm³/mol. The smallest absolute Gasteiger partial charge is 0.255 e. The minimum Gasteiger partial charge on any atom is -0.508 e. The van der Waals surface area contributed by atoms with Gasteiger partial charge in [0.2, 0.25) is 5.78 Å². The zero-order chi connectivity index (χ0) is 25.8. The van der Waals surface area contributed by atoms with Crippen molar-refractivity contribution >= 4 is 23.2 Å². The first kappa shape index (κ1) is 24.9. The second-order valence-electron chi connectivity index (χ2n) is 10.2. The van der Waals surface area contributed by atoms with Crippen molar-refractivity contribution in [2.45, 2.75) is 58.6 Å². The molecule has 0 heterocycles. The molecule has 188 valence electrons. The molecule has 1 aromatic carbocycles. The first-order valence-electron chi connectivity index (χ1n) is 12.0. The number of nitrogens with one attached hydrogen (secondary N) is 1. The number of phenols is 1. The van der Waals surface area contributed by atoms with Crippen LogP contribution in [0.3, 0.4) is 0 Å². The molecule has 0 bridgehead atoms. The van der Waals surface area contributed by atoms with Gasteiger partial charge in [0.1, 0.15) is 22.8 Å². The Morgan fingerprint density at radius 1 is 1.20 bits per heavy atom. The second-order valence-corrected chi connectivity index (χ2v) is 10.2. The van der Waals surface area contributed by atoms with E-state index in [9.17, 15) is 34.8 Å². The van der Waals surface area contributed by atoms with Gasteiger partial charge in [-0.25, -0.2) is 0 Å². The number of benzene rings is 1. The van der Waals surface area contributed by atoms with Crippen LogP contribution in [0.15, 0.2) is 23.0 Å². The topological polar surface area (TPSA) is 170 Å². The molecule has 7 N–H and O–H groups in total. The number of Topliss-reactive ketones (excluding diaryl/α,β-unsaturated/α-hetero) is 2. The van der Waals surface area contributed by atoms with E-state index in [2.05, 4.69) is 19.2 Å². The van der Waals surface area contributed by atoms with Gasteiger partial charge in [0, 0.05) is 30.0 Å². The number of rotatable bonds is 6. The summed E-state index contributed by atoms with van der Waals surface area (Å²) in [6.45, 7) is 7.18. The van der Waals surface area contributed by atoms with E-state index in [1.807, 2.05) is 13.0 Å². The van der Waals surface area contributed by atoms with Crippen molar-refractivity contribution < 1.29 is 34.8 Å². The first-order valence-corrected chi connectivity index (χ1v) is 12.0. The molecule has 9 heteroatoms. The monoisotopic (exact) mass is 484 g/mol. The van der Waals surface area contributed by atoms with Crippen LogP contribution >= 0.6 is 0 Å². The molecular formula is C26H32N2O7. The SMILES string of the molecule is CCc1cc(CNCC(C)C)c(O)c2c1CC1C[C@H]3CC(=O)C(C(N)=O)=C(O)[C@@]3(O)C(=O)C1=C2O. The van der Waals surface area contributed by atoms with Gasteiger partial charge in [-0.1, -0.05) is 26.8 Å². The highest BCUT2D eigenvalue weighted by atomic mass is 16.3. The molecule has 4 rings (SSSR count). The van der Waals surface area contributed by atoms with Gasteiger partial charge < -0.3 is 31.5 Å². The Labute approximate surface area is 203 Å². The predicted octanol–water partition coefficient (Wildman–Crippen LogP) is 1.73. The maximum absolute atomic E-state index is 13.6. The van der Waals surface area contributed by atoms with Crippen molar-refractivity contribution in [3.05, 3.63) is 45.2 Å².